The predicted molar refractivity (Wildman–Crippen MR) is 296 cm³/mol. The summed E-state index contributed by atoms with van der Waals surface area (Å²) in [5.74, 6) is 1.69. The fraction of sp³-hybridized carbons (Fsp3) is 0. The fourth-order valence-electron chi connectivity index (χ4n) is 11.1. The topological polar surface area (TPSA) is 54.4 Å². The molecule has 0 aliphatic carbocycles. The fourth-order valence-corrected chi connectivity index (χ4v) is 11.1. The molecule has 7 nitrogen and oxygen atoms in total. The Morgan fingerprint density at radius 2 is 0.806 bits per heavy atom. The van der Waals surface area contributed by atoms with E-state index >= 15 is 0 Å². The Labute approximate surface area is 417 Å². The molecular formula is C64H40BN7. The minimum Gasteiger partial charge on any atom is -0.319 e. The van der Waals surface area contributed by atoms with Gasteiger partial charge >= 0.3 is 0 Å². The minimum absolute atomic E-state index is 0.0247. The predicted octanol–water partition coefficient (Wildman–Crippen LogP) is 14.3. The molecule has 334 valence electrons. The van der Waals surface area contributed by atoms with Crippen molar-refractivity contribution in [2.45, 2.75) is 0 Å². The molecule has 0 fully saturated rings. The molecule has 4 heterocycles. The third-order valence-electron chi connectivity index (χ3n) is 14.2. The smallest absolute Gasteiger partial charge is 0.252 e. The molecule has 0 spiro atoms. The minimum atomic E-state index is 0.0247. The number of para-hydroxylation sites is 5. The first kappa shape index (κ1) is 41.2. The third kappa shape index (κ3) is 6.56. The van der Waals surface area contributed by atoms with Crippen LogP contribution in [0.2, 0.25) is 0 Å². The van der Waals surface area contributed by atoms with Crippen molar-refractivity contribution in [1.29, 1.82) is 0 Å². The number of benzene rings is 10. The first-order valence-corrected chi connectivity index (χ1v) is 24.2. The SMILES string of the molecule is [C-]#[N+]c1ccc(-c2nc(-c3ccccc3)nc(-c3ccccc3)n2)cc1-n1c2ccccc2c2cc(-c3cc4c5c(c3)N(c3ccccc3)c3ccccc3B5c3ccccc3N4c3ccccc3)ccc21. The largest absolute Gasteiger partial charge is 0.319 e. The molecule has 0 bridgehead atoms. The van der Waals surface area contributed by atoms with E-state index in [0.29, 0.717) is 23.2 Å². The van der Waals surface area contributed by atoms with E-state index in [1.807, 2.05) is 72.8 Å². The van der Waals surface area contributed by atoms with Gasteiger partial charge in [-0.3, -0.25) is 0 Å². The van der Waals surface area contributed by atoms with E-state index in [-0.39, 0.29) is 6.71 Å². The Bertz CT molecular complexity index is 3960. The van der Waals surface area contributed by atoms with Crippen LogP contribution in [0, 0.1) is 6.57 Å². The maximum Gasteiger partial charge on any atom is 0.252 e. The van der Waals surface area contributed by atoms with Crippen molar-refractivity contribution in [3.63, 3.8) is 0 Å². The van der Waals surface area contributed by atoms with Crippen molar-refractivity contribution in [3.8, 4) is 51.0 Å². The van der Waals surface area contributed by atoms with Gasteiger partial charge < -0.3 is 14.4 Å². The summed E-state index contributed by atoms with van der Waals surface area (Å²) in [6, 6.07) is 85.3. The molecule has 8 heteroatoms. The van der Waals surface area contributed by atoms with E-state index in [4.69, 9.17) is 21.5 Å². The van der Waals surface area contributed by atoms with E-state index in [1.54, 1.807) is 0 Å². The molecule has 0 radical (unpaired) electrons. The molecular weight excluding hydrogens is 878 g/mol. The summed E-state index contributed by atoms with van der Waals surface area (Å²) in [6.45, 7) is 8.49. The highest BCUT2D eigenvalue weighted by atomic mass is 15.2. The lowest BCUT2D eigenvalue weighted by Crippen LogP contribution is -2.61. The molecule has 0 amide bonds. The van der Waals surface area contributed by atoms with Crippen LogP contribution in [-0.2, 0) is 0 Å². The number of fused-ring (bicyclic) bond motifs is 7. The van der Waals surface area contributed by atoms with Crippen LogP contribution in [0.5, 0.6) is 0 Å². The van der Waals surface area contributed by atoms with E-state index in [2.05, 4.69) is 189 Å². The zero-order valence-corrected chi connectivity index (χ0v) is 38.8. The number of nitrogens with zero attached hydrogens (tertiary/aromatic N) is 7. The van der Waals surface area contributed by atoms with E-state index in [0.717, 1.165) is 78.1 Å². The molecule has 0 saturated heterocycles. The van der Waals surface area contributed by atoms with Gasteiger partial charge in [-0.1, -0.05) is 170 Å². The number of hydrogen-bond donors (Lipinski definition) is 0. The molecule has 0 unspecified atom stereocenters. The van der Waals surface area contributed by atoms with Gasteiger partial charge in [0.05, 0.1) is 23.3 Å². The monoisotopic (exact) mass is 917 g/mol. The molecule has 2 aliphatic rings. The van der Waals surface area contributed by atoms with E-state index in [9.17, 15) is 0 Å². The van der Waals surface area contributed by atoms with Crippen LogP contribution in [-0.4, -0.2) is 26.2 Å². The summed E-state index contributed by atoms with van der Waals surface area (Å²) in [6.07, 6.45) is 0. The van der Waals surface area contributed by atoms with Gasteiger partial charge in [-0.25, -0.2) is 19.8 Å². The van der Waals surface area contributed by atoms with Gasteiger partial charge in [0.15, 0.2) is 17.5 Å². The van der Waals surface area contributed by atoms with Gasteiger partial charge in [-0.15, -0.1) is 0 Å². The van der Waals surface area contributed by atoms with Crippen LogP contribution in [0.1, 0.15) is 0 Å². The molecule has 2 aromatic heterocycles. The third-order valence-corrected chi connectivity index (χ3v) is 14.2. The summed E-state index contributed by atoms with van der Waals surface area (Å²) in [5.41, 5.74) is 18.7. The second kappa shape index (κ2) is 16.7. The number of rotatable bonds is 7. The van der Waals surface area contributed by atoms with Gasteiger partial charge in [0, 0.05) is 61.6 Å². The molecule has 12 aromatic rings. The van der Waals surface area contributed by atoms with Gasteiger partial charge in [0.2, 0.25) is 5.69 Å². The molecule has 72 heavy (non-hydrogen) atoms. The summed E-state index contributed by atoms with van der Waals surface area (Å²) in [4.78, 5) is 24.1. The maximum absolute atomic E-state index is 8.46. The van der Waals surface area contributed by atoms with E-state index in [1.165, 1.54) is 27.8 Å². The average Bonchev–Trinajstić information content (AvgIpc) is 3.79. The van der Waals surface area contributed by atoms with Crippen molar-refractivity contribution in [3.05, 3.63) is 254 Å². The summed E-state index contributed by atoms with van der Waals surface area (Å²) < 4.78 is 2.23. The van der Waals surface area contributed by atoms with Crippen LogP contribution >= 0.6 is 0 Å². The first-order valence-electron chi connectivity index (χ1n) is 24.2. The van der Waals surface area contributed by atoms with Crippen LogP contribution in [0.3, 0.4) is 0 Å². The van der Waals surface area contributed by atoms with Crippen LogP contribution < -0.4 is 26.2 Å². The number of aromatic nitrogens is 4. The molecule has 0 N–H and O–H groups in total. The van der Waals surface area contributed by atoms with Gasteiger partial charge in [0.25, 0.3) is 6.71 Å². The Morgan fingerprint density at radius 1 is 0.347 bits per heavy atom. The number of anilines is 6. The Morgan fingerprint density at radius 3 is 1.38 bits per heavy atom. The lowest BCUT2D eigenvalue weighted by atomic mass is 9.33. The average molecular weight is 918 g/mol. The van der Waals surface area contributed by atoms with Gasteiger partial charge in [-0.2, -0.15) is 0 Å². The lowest BCUT2D eigenvalue weighted by Gasteiger charge is -2.44. The molecule has 2 aliphatic heterocycles. The molecule has 0 saturated carbocycles. The second-order valence-corrected chi connectivity index (χ2v) is 18.3. The molecule has 0 atom stereocenters. The van der Waals surface area contributed by atoms with Crippen LogP contribution in [0.25, 0.3) is 77.6 Å². The summed E-state index contributed by atoms with van der Waals surface area (Å²) in [7, 11) is 0. The van der Waals surface area contributed by atoms with Crippen LogP contribution in [0.15, 0.2) is 243 Å². The highest BCUT2D eigenvalue weighted by Gasteiger charge is 2.43. The van der Waals surface area contributed by atoms with Gasteiger partial charge in [-0.05, 0) is 100 Å². The zero-order chi connectivity index (χ0) is 47.7. The Balaban J connectivity index is 0.977. The normalized spacial score (nSPS) is 12.3. The molecule has 14 rings (SSSR count). The lowest BCUT2D eigenvalue weighted by molar-refractivity contribution is 1.07. The summed E-state index contributed by atoms with van der Waals surface area (Å²) in [5, 5.41) is 2.18. The Hall–Kier alpha value is -9.84. The van der Waals surface area contributed by atoms with Crippen molar-refractivity contribution in [2.24, 2.45) is 0 Å². The maximum atomic E-state index is 8.46. The quantitative estimate of drug-likeness (QED) is 0.118. The standard InChI is InChI=1S/C64H40BN7/c1-66-53-36-34-45(64-68-62(42-20-6-2-7-21-42)67-63(69-64)43-22-8-3-9-23-43)39-58(53)72-54-31-17-14-28-49(54)50-38-44(35-37-55(50)72)46-40-59-61-60(41-46)71(48-26-12-5-13-27-48)57-33-19-16-30-52(57)65(61)51-29-15-18-32-56(51)70(59)47-24-10-4-11-25-47/h2-41H. The summed E-state index contributed by atoms with van der Waals surface area (Å²) >= 11 is 0. The van der Waals surface area contributed by atoms with Crippen molar-refractivity contribution in [2.75, 3.05) is 9.80 Å². The van der Waals surface area contributed by atoms with Gasteiger partial charge in [0.1, 0.15) is 0 Å². The highest BCUT2D eigenvalue weighted by molar-refractivity contribution is 7.00. The Kier molecular flexibility index (Phi) is 9.54. The van der Waals surface area contributed by atoms with Crippen LogP contribution in [0.4, 0.5) is 39.8 Å². The first-order chi connectivity index (χ1) is 35.7. The molecule has 10 aromatic carbocycles. The van der Waals surface area contributed by atoms with Crippen molar-refractivity contribution in [1.82, 2.24) is 19.5 Å². The highest BCUT2D eigenvalue weighted by Crippen LogP contribution is 2.47. The second-order valence-electron chi connectivity index (χ2n) is 18.3. The van der Waals surface area contributed by atoms with Crippen molar-refractivity contribution >= 4 is 84.7 Å². The number of hydrogen-bond acceptors (Lipinski definition) is 5. The zero-order valence-electron chi connectivity index (χ0n) is 38.8. The van der Waals surface area contributed by atoms with Crippen molar-refractivity contribution < 1.29 is 0 Å². The van der Waals surface area contributed by atoms with E-state index < -0.39 is 0 Å².